The van der Waals surface area contributed by atoms with Crippen molar-refractivity contribution >= 4 is 44.9 Å². The number of ether oxygens (including phenoxy) is 1. The number of hydrogen-bond donors (Lipinski definition) is 3. The van der Waals surface area contributed by atoms with Crippen molar-refractivity contribution in [1.82, 2.24) is 15.3 Å². The maximum atomic E-state index is 14.3. The minimum Gasteiger partial charge on any atom is -0.497 e. The first-order valence-electron chi connectivity index (χ1n) is 12.7. The average molecular weight is 532 g/mol. The van der Waals surface area contributed by atoms with E-state index in [0.717, 1.165) is 40.9 Å². The summed E-state index contributed by atoms with van der Waals surface area (Å²) in [6.45, 7) is -0.254. The fraction of sp³-hybridized carbons (Fsp3) is 0.267. The number of carbonyl (C=O) groups excluding carboxylic acids is 1. The van der Waals surface area contributed by atoms with Crippen LogP contribution in [0.25, 0.3) is 27.4 Å². The Balaban J connectivity index is 1.40. The summed E-state index contributed by atoms with van der Waals surface area (Å²) in [6.07, 6.45) is 9.40. The Morgan fingerprint density at radius 2 is 2.11 bits per heavy atom. The van der Waals surface area contributed by atoms with Crippen LogP contribution in [0.3, 0.4) is 0 Å². The molecule has 0 aliphatic heterocycles. The average Bonchev–Trinajstić information content (AvgIpc) is 3.28. The van der Waals surface area contributed by atoms with Crippen LogP contribution in [-0.4, -0.2) is 40.2 Å². The second-order valence-electron chi connectivity index (χ2n) is 10.1. The summed E-state index contributed by atoms with van der Waals surface area (Å²) in [4.78, 5) is 22.1. The minimum absolute atomic E-state index is 0.0530. The van der Waals surface area contributed by atoms with Gasteiger partial charge in [0.15, 0.2) is 0 Å². The van der Waals surface area contributed by atoms with Crippen LogP contribution in [0.1, 0.15) is 46.6 Å². The number of fused-ring (bicyclic) bond motifs is 4. The Labute approximate surface area is 224 Å². The summed E-state index contributed by atoms with van der Waals surface area (Å²) in [5.74, 6) is -0.174. The van der Waals surface area contributed by atoms with Gasteiger partial charge < -0.3 is 20.1 Å². The summed E-state index contributed by atoms with van der Waals surface area (Å²) in [5.41, 5.74) is 4.68. The van der Waals surface area contributed by atoms with E-state index >= 15 is 0 Å². The molecule has 6 nitrogen and oxygen atoms in total. The lowest BCUT2D eigenvalue weighted by atomic mass is 9.80. The molecule has 0 bridgehead atoms. The number of halogens is 2. The second-order valence-corrected chi connectivity index (χ2v) is 10.5. The molecule has 194 valence electrons. The third-order valence-electron chi connectivity index (χ3n) is 7.69. The first kappa shape index (κ1) is 24.6. The lowest BCUT2D eigenvalue weighted by molar-refractivity contribution is 0.0809. The molecule has 0 saturated heterocycles. The van der Waals surface area contributed by atoms with Crippen LogP contribution in [0.2, 0.25) is 5.02 Å². The van der Waals surface area contributed by atoms with E-state index in [1.54, 1.807) is 13.2 Å². The van der Waals surface area contributed by atoms with Crippen LogP contribution in [0.15, 0.2) is 54.6 Å². The predicted octanol–water partition coefficient (Wildman–Crippen LogP) is 5.90. The lowest BCUT2D eigenvalue weighted by Crippen LogP contribution is -2.54. The summed E-state index contributed by atoms with van der Waals surface area (Å²) >= 11 is 6.00. The van der Waals surface area contributed by atoms with E-state index in [9.17, 15) is 14.3 Å². The lowest BCUT2D eigenvalue weighted by Gasteiger charge is -2.36. The molecule has 4 aromatic rings. The number of aliphatic hydroxyl groups is 1. The predicted molar refractivity (Wildman–Crippen MR) is 147 cm³/mol. The number of methoxy groups -OCH3 is 1. The van der Waals surface area contributed by atoms with Crippen molar-refractivity contribution in [3.63, 3.8) is 0 Å². The summed E-state index contributed by atoms with van der Waals surface area (Å²) in [7, 11) is 1.58. The number of hydrogen-bond acceptors (Lipinski definition) is 4. The van der Waals surface area contributed by atoms with Crippen LogP contribution < -0.4 is 10.1 Å². The van der Waals surface area contributed by atoms with Crippen LogP contribution in [0.5, 0.6) is 5.75 Å². The van der Waals surface area contributed by atoms with Gasteiger partial charge in [-0.15, -0.1) is 0 Å². The molecule has 1 atom stereocenters. The molecular weight excluding hydrogens is 505 g/mol. The van der Waals surface area contributed by atoms with Crippen molar-refractivity contribution < 1.29 is 19.0 Å². The topological polar surface area (TPSA) is 87.2 Å². The highest BCUT2D eigenvalue weighted by Gasteiger charge is 2.38. The molecule has 0 radical (unpaired) electrons. The number of aryl methyl sites for hydroxylation is 1. The Morgan fingerprint density at radius 3 is 2.87 bits per heavy atom. The van der Waals surface area contributed by atoms with Crippen molar-refractivity contribution in [3.05, 3.63) is 88.0 Å². The molecule has 2 aromatic carbocycles. The number of nitrogens with one attached hydrogen (secondary N) is 2. The van der Waals surface area contributed by atoms with Crippen molar-refractivity contribution in [2.24, 2.45) is 0 Å². The van der Waals surface area contributed by atoms with E-state index in [1.165, 1.54) is 6.07 Å². The number of aliphatic hydroxyl groups excluding tert-OH is 1. The molecule has 2 aromatic heterocycles. The summed E-state index contributed by atoms with van der Waals surface area (Å²) < 4.78 is 19.7. The minimum atomic E-state index is -0.906. The van der Waals surface area contributed by atoms with Gasteiger partial charge in [0.1, 0.15) is 11.6 Å². The van der Waals surface area contributed by atoms with Crippen molar-refractivity contribution in [2.45, 2.75) is 37.6 Å². The van der Waals surface area contributed by atoms with Crippen LogP contribution in [0.4, 0.5) is 4.39 Å². The highest BCUT2D eigenvalue weighted by molar-refractivity contribution is 6.31. The van der Waals surface area contributed by atoms with E-state index in [1.807, 2.05) is 36.4 Å². The van der Waals surface area contributed by atoms with Gasteiger partial charge >= 0.3 is 0 Å². The molecule has 2 aliphatic carbocycles. The van der Waals surface area contributed by atoms with Gasteiger partial charge in [-0.05, 0) is 73.2 Å². The van der Waals surface area contributed by atoms with E-state index in [2.05, 4.69) is 16.4 Å². The van der Waals surface area contributed by atoms with Gasteiger partial charge in [-0.1, -0.05) is 29.8 Å². The SMILES string of the molecule is COc1ccc2nc(C3=CC=CCC3)cc(C(=O)NC3(CO)CCc4[nH]c5cc(Cl)c(F)cc5c4C3)c2c1. The number of rotatable bonds is 5. The maximum absolute atomic E-state index is 14.3. The van der Waals surface area contributed by atoms with Gasteiger partial charge in [0, 0.05) is 28.4 Å². The Hall–Kier alpha value is -3.68. The normalized spacial score (nSPS) is 18.9. The van der Waals surface area contributed by atoms with Crippen LogP contribution >= 0.6 is 11.6 Å². The Morgan fingerprint density at radius 1 is 1.24 bits per heavy atom. The first-order valence-corrected chi connectivity index (χ1v) is 13.0. The molecule has 0 fully saturated rings. The number of allylic oxidation sites excluding steroid dienone is 4. The summed E-state index contributed by atoms with van der Waals surface area (Å²) in [5, 5.41) is 15.2. The van der Waals surface area contributed by atoms with Crippen molar-refractivity contribution in [1.29, 1.82) is 0 Å². The molecule has 1 unspecified atom stereocenters. The molecule has 3 N–H and O–H groups in total. The van der Waals surface area contributed by atoms with Crippen LogP contribution in [-0.2, 0) is 12.8 Å². The van der Waals surface area contributed by atoms with Crippen molar-refractivity contribution in [2.75, 3.05) is 13.7 Å². The largest absolute Gasteiger partial charge is 0.497 e. The molecule has 2 aliphatic rings. The zero-order chi connectivity index (χ0) is 26.4. The number of H-pyrrole nitrogens is 1. The molecule has 6 rings (SSSR count). The third kappa shape index (κ3) is 4.25. The molecular formula is C30H27ClFN3O3. The highest BCUT2D eigenvalue weighted by Crippen LogP contribution is 2.36. The zero-order valence-electron chi connectivity index (χ0n) is 20.9. The van der Waals surface area contributed by atoms with Gasteiger partial charge in [-0.25, -0.2) is 9.37 Å². The van der Waals surface area contributed by atoms with Crippen LogP contribution in [0, 0.1) is 5.82 Å². The maximum Gasteiger partial charge on any atom is 0.252 e. The van der Waals surface area contributed by atoms with Gasteiger partial charge in [-0.2, -0.15) is 0 Å². The summed E-state index contributed by atoms with van der Waals surface area (Å²) in [6, 6.07) is 10.3. The van der Waals surface area contributed by atoms with Gasteiger partial charge in [0.25, 0.3) is 5.91 Å². The van der Waals surface area contributed by atoms with E-state index < -0.39 is 11.4 Å². The molecule has 38 heavy (non-hydrogen) atoms. The number of aromatic amines is 1. The number of amides is 1. The Bertz CT molecular complexity index is 1660. The standard InChI is InChI=1S/C30H27ClFN3O3/c1-38-18-7-8-25-19(11-18)21(13-27(33-25)17-5-3-2-4-6-17)29(37)35-30(16-36)10-9-26-22(15-30)20-12-24(32)23(31)14-28(20)34-26/h2-3,5,7-8,11-14,34,36H,4,6,9-10,15-16H2,1H3,(H,35,37). The smallest absolute Gasteiger partial charge is 0.252 e. The van der Waals surface area contributed by atoms with E-state index in [-0.39, 0.29) is 17.5 Å². The highest BCUT2D eigenvalue weighted by atomic mass is 35.5. The third-order valence-corrected chi connectivity index (χ3v) is 7.98. The quantitative estimate of drug-likeness (QED) is 0.299. The molecule has 2 heterocycles. The monoisotopic (exact) mass is 531 g/mol. The molecule has 0 spiro atoms. The number of aromatic nitrogens is 2. The fourth-order valence-electron chi connectivity index (χ4n) is 5.60. The zero-order valence-corrected chi connectivity index (χ0v) is 21.7. The second kappa shape index (κ2) is 9.57. The first-order chi connectivity index (χ1) is 18.4. The molecule has 1 amide bonds. The van der Waals surface area contributed by atoms with Gasteiger partial charge in [-0.3, -0.25) is 4.79 Å². The van der Waals surface area contributed by atoms with E-state index in [4.69, 9.17) is 21.3 Å². The Kier molecular flexibility index (Phi) is 6.20. The van der Waals surface area contributed by atoms with Gasteiger partial charge in [0.05, 0.1) is 41.1 Å². The number of pyridine rings is 1. The molecule has 0 saturated carbocycles. The molecule has 8 heteroatoms. The number of nitrogens with zero attached hydrogens (tertiary/aromatic N) is 1. The van der Waals surface area contributed by atoms with Gasteiger partial charge in [0.2, 0.25) is 0 Å². The number of benzene rings is 2. The van der Waals surface area contributed by atoms with Crippen molar-refractivity contribution in [3.8, 4) is 5.75 Å². The number of carbonyl (C=O) groups is 1. The van der Waals surface area contributed by atoms with E-state index in [0.29, 0.717) is 46.9 Å². The fourth-order valence-corrected chi connectivity index (χ4v) is 5.76.